The van der Waals surface area contributed by atoms with Crippen LogP contribution in [0.25, 0.3) is 0 Å². The van der Waals surface area contributed by atoms with Crippen molar-refractivity contribution in [2.45, 2.75) is 112 Å². The molecule has 0 saturated heterocycles. The molecule has 0 amide bonds. The third-order valence-corrected chi connectivity index (χ3v) is 5.86. The molecule has 1 unspecified atom stereocenters. The van der Waals surface area contributed by atoms with Crippen molar-refractivity contribution in [3.8, 4) is 0 Å². The van der Waals surface area contributed by atoms with Crippen molar-refractivity contribution in [2.75, 3.05) is 0 Å². The highest BCUT2D eigenvalue weighted by atomic mass is 14.6. The topological polar surface area (TPSA) is 26.0 Å². The molecule has 0 heterocycles. The van der Waals surface area contributed by atoms with Gasteiger partial charge in [0.2, 0.25) is 0 Å². The van der Waals surface area contributed by atoms with Crippen LogP contribution >= 0.6 is 0 Å². The van der Waals surface area contributed by atoms with Crippen LogP contribution in [0.15, 0.2) is 73.8 Å². The Morgan fingerprint density at radius 2 is 1.51 bits per heavy atom. The first kappa shape index (κ1) is 35.0. The van der Waals surface area contributed by atoms with Gasteiger partial charge in [0.15, 0.2) is 0 Å². The second-order valence-electron chi connectivity index (χ2n) is 9.37. The molecule has 0 spiro atoms. The van der Waals surface area contributed by atoms with Crippen LogP contribution in [-0.4, -0.2) is 6.04 Å². The number of benzene rings is 2. The van der Waals surface area contributed by atoms with Crippen LogP contribution in [0.4, 0.5) is 0 Å². The van der Waals surface area contributed by atoms with Crippen LogP contribution in [0.5, 0.6) is 0 Å². The zero-order valence-corrected chi connectivity index (χ0v) is 24.3. The second kappa shape index (κ2) is 25.0. The molecule has 2 N–H and O–H groups in total. The minimum atomic E-state index is 0.454. The molecule has 35 heavy (non-hydrogen) atoms. The zero-order chi connectivity index (χ0) is 26.9. The highest BCUT2D eigenvalue weighted by Crippen LogP contribution is 2.24. The molecule has 0 aliphatic heterocycles. The molecular formula is C34H57N. The summed E-state index contributed by atoms with van der Waals surface area (Å²) in [7, 11) is 0. The van der Waals surface area contributed by atoms with Gasteiger partial charge in [-0.25, -0.2) is 0 Å². The molecule has 0 saturated carbocycles. The second-order valence-corrected chi connectivity index (χ2v) is 9.37. The van der Waals surface area contributed by atoms with Gasteiger partial charge in [0, 0.05) is 6.04 Å². The Labute approximate surface area is 219 Å². The Hall–Kier alpha value is -2.12. The van der Waals surface area contributed by atoms with Crippen molar-refractivity contribution < 1.29 is 0 Å². The monoisotopic (exact) mass is 479 g/mol. The molecular weight excluding hydrogens is 422 g/mol. The van der Waals surface area contributed by atoms with Crippen molar-refractivity contribution in [1.29, 1.82) is 0 Å². The van der Waals surface area contributed by atoms with Gasteiger partial charge in [-0.2, -0.15) is 0 Å². The standard InChI is InChI=1S/C11H14.C9H12.C7H17N.C4H8.C3H6/c1-9-6-7-10-4-2-3-5-11(10)8-9;1-3-9-6-4-8(2)5-7-9;1-3-5-6-7(8)4-2;1-3-4-2;1-3-2/h2-5,9H,6-8H2,1H3;4-7H,3H2,1-2H3;7H,3-6,8H2,1-2H3;3H,1,4H2,2H3;3H,1H2,2H3/t;;7-;;/m..1../s1. The Bertz CT molecular complexity index is 729. The van der Waals surface area contributed by atoms with Gasteiger partial charge in [-0.1, -0.05) is 114 Å². The molecule has 2 aromatic carbocycles. The van der Waals surface area contributed by atoms with Crippen molar-refractivity contribution in [2.24, 2.45) is 11.7 Å². The van der Waals surface area contributed by atoms with Gasteiger partial charge in [-0.05, 0) is 81.4 Å². The number of fused-ring (bicyclic) bond motifs is 1. The molecule has 0 bridgehead atoms. The molecule has 1 nitrogen and oxygen atoms in total. The molecule has 198 valence electrons. The maximum absolute atomic E-state index is 5.66. The molecule has 1 aliphatic carbocycles. The van der Waals surface area contributed by atoms with Crippen molar-refractivity contribution in [3.05, 3.63) is 96.1 Å². The summed E-state index contributed by atoms with van der Waals surface area (Å²) in [6.07, 6.45) is 14.7. The van der Waals surface area contributed by atoms with Crippen molar-refractivity contribution >= 4 is 0 Å². The van der Waals surface area contributed by atoms with E-state index in [2.05, 4.69) is 103 Å². The van der Waals surface area contributed by atoms with E-state index in [1.807, 2.05) is 13.0 Å². The first-order valence-corrected chi connectivity index (χ1v) is 13.9. The SMILES string of the molecule is C=CC.C=CCC.CC1CCc2ccccc2C1.CCCC[C@H](N)CC.CCc1ccc(C)cc1. The number of allylic oxidation sites excluding steroid dienone is 2. The maximum atomic E-state index is 5.66. The number of nitrogens with two attached hydrogens (primary N) is 1. The molecule has 3 rings (SSSR count). The Morgan fingerprint density at radius 1 is 0.971 bits per heavy atom. The summed E-state index contributed by atoms with van der Waals surface area (Å²) in [4.78, 5) is 0. The van der Waals surface area contributed by atoms with Crippen LogP contribution in [0.3, 0.4) is 0 Å². The lowest BCUT2D eigenvalue weighted by atomic mass is 9.85. The number of hydrogen-bond acceptors (Lipinski definition) is 1. The van der Waals surface area contributed by atoms with E-state index in [4.69, 9.17) is 5.73 Å². The number of hydrogen-bond donors (Lipinski definition) is 1. The number of unbranched alkanes of at least 4 members (excludes halogenated alkanes) is 1. The predicted molar refractivity (Wildman–Crippen MR) is 162 cm³/mol. The van der Waals surface area contributed by atoms with Crippen molar-refractivity contribution in [1.82, 2.24) is 0 Å². The van der Waals surface area contributed by atoms with Gasteiger partial charge in [0.1, 0.15) is 0 Å². The molecule has 2 aromatic rings. The minimum Gasteiger partial charge on any atom is -0.328 e. The van der Waals surface area contributed by atoms with E-state index in [9.17, 15) is 0 Å². The highest BCUT2D eigenvalue weighted by Gasteiger charge is 2.13. The van der Waals surface area contributed by atoms with Crippen molar-refractivity contribution in [3.63, 3.8) is 0 Å². The predicted octanol–water partition coefficient (Wildman–Crippen LogP) is 10.1. The molecule has 1 heteroatoms. The fourth-order valence-electron chi connectivity index (χ4n) is 3.37. The van der Waals surface area contributed by atoms with E-state index < -0.39 is 0 Å². The average Bonchev–Trinajstić information content (AvgIpc) is 2.89. The highest BCUT2D eigenvalue weighted by molar-refractivity contribution is 5.29. The van der Waals surface area contributed by atoms with Gasteiger partial charge in [-0.15, -0.1) is 13.2 Å². The van der Waals surface area contributed by atoms with Crippen LogP contribution in [0.2, 0.25) is 0 Å². The lowest BCUT2D eigenvalue weighted by Crippen LogP contribution is -2.17. The van der Waals surface area contributed by atoms with E-state index in [1.54, 1.807) is 17.2 Å². The summed E-state index contributed by atoms with van der Waals surface area (Å²) < 4.78 is 0. The summed E-state index contributed by atoms with van der Waals surface area (Å²) >= 11 is 0. The fourth-order valence-corrected chi connectivity index (χ4v) is 3.37. The fraction of sp³-hybridized carbons (Fsp3) is 0.529. The summed E-state index contributed by atoms with van der Waals surface area (Å²) in [6, 6.07) is 17.9. The van der Waals surface area contributed by atoms with Gasteiger partial charge in [-0.3, -0.25) is 0 Å². The van der Waals surface area contributed by atoms with E-state index in [0.29, 0.717) is 6.04 Å². The van der Waals surface area contributed by atoms with Crippen LogP contribution in [0, 0.1) is 12.8 Å². The zero-order valence-electron chi connectivity index (χ0n) is 24.3. The molecule has 2 atom stereocenters. The normalized spacial score (nSPS) is 13.9. The summed E-state index contributed by atoms with van der Waals surface area (Å²) in [5.74, 6) is 0.893. The lowest BCUT2D eigenvalue weighted by molar-refractivity contribution is 0.501. The average molecular weight is 480 g/mol. The van der Waals surface area contributed by atoms with E-state index in [1.165, 1.54) is 49.7 Å². The van der Waals surface area contributed by atoms with Gasteiger partial charge >= 0.3 is 0 Å². The molecule has 0 aromatic heterocycles. The lowest BCUT2D eigenvalue weighted by Gasteiger charge is -2.20. The quantitative estimate of drug-likeness (QED) is 0.410. The van der Waals surface area contributed by atoms with E-state index >= 15 is 0 Å². The summed E-state index contributed by atoms with van der Waals surface area (Å²) in [6.45, 7) is 21.8. The largest absolute Gasteiger partial charge is 0.328 e. The smallest absolute Gasteiger partial charge is 0.00362 e. The van der Waals surface area contributed by atoms with Gasteiger partial charge < -0.3 is 5.73 Å². The Kier molecular flexibility index (Phi) is 25.0. The minimum absolute atomic E-state index is 0.454. The third kappa shape index (κ3) is 20.9. The molecule has 0 radical (unpaired) electrons. The molecule has 1 aliphatic rings. The Morgan fingerprint density at radius 3 is 1.97 bits per heavy atom. The summed E-state index contributed by atoms with van der Waals surface area (Å²) in [5.41, 5.74) is 11.6. The van der Waals surface area contributed by atoms with Crippen LogP contribution in [-0.2, 0) is 19.3 Å². The first-order chi connectivity index (χ1) is 16.8. The Balaban J connectivity index is 0. The van der Waals surface area contributed by atoms with Crippen LogP contribution in [0.1, 0.15) is 102 Å². The first-order valence-electron chi connectivity index (χ1n) is 13.9. The number of rotatable bonds is 6. The van der Waals surface area contributed by atoms with E-state index in [0.717, 1.165) is 25.2 Å². The van der Waals surface area contributed by atoms with E-state index in [-0.39, 0.29) is 0 Å². The maximum Gasteiger partial charge on any atom is 0.00362 e. The third-order valence-electron chi connectivity index (χ3n) is 5.86. The number of aryl methyl sites for hydroxylation is 3. The van der Waals surface area contributed by atoms with Gasteiger partial charge in [0.25, 0.3) is 0 Å². The van der Waals surface area contributed by atoms with Crippen LogP contribution < -0.4 is 5.73 Å². The van der Waals surface area contributed by atoms with Gasteiger partial charge in [0.05, 0.1) is 0 Å². The molecule has 0 fully saturated rings. The summed E-state index contributed by atoms with van der Waals surface area (Å²) in [5, 5.41) is 0.